The lowest BCUT2D eigenvalue weighted by Gasteiger charge is -2.19. The summed E-state index contributed by atoms with van der Waals surface area (Å²) in [5.74, 6) is -0.0754. The van der Waals surface area contributed by atoms with Crippen LogP contribution in [0.1, 0.15) is 44.0 Å². The van der Waals surface area contributed by atoms with Crippen LogP contribution in [0.4, 0.5) is 0 Å². The normalized spacial score (nSPS) is 12.4. The number of amides is 1. The number of nitrogens with one attached hydrogen (secondary N) is 1. The summed E-state index contributed by atoms with van der Waals surface area (Å²) in [6, 6.07) is 2.01. The molecule has 0 spiro atoms. The van der Waals surface area contributed by atoms with E-state index in [1.165, 1.54) is 0 Å². The molecule has 25 heavy (non-hydrogen) atoms. The zero-order valence-corrected chi connectivity index (χ0v) is 15.7. The number of carbonyl (C=O) groups excluding carboxylic acids is 1. The van der Waals surface area contributed by atoms with Gasteiger partial charge in [0.25, 0.3) is 5.91 Å². The summed E-state index contributed by atoms with van der Waals surface area (Å²) < 4.78 is 1.74. The number of nitrogens with zero attached hydrogens (tertiary/aromatic N) is 4. The van der Waals surface area contributed by atoms with Gasteiger partial charge in [0.2, 0.25) is 0 Å². The van der Waals surface area contributed by atoms with E-state index in [1.54, 1.807) is 23.3 Å². The number of hydrogen-bond donors (Lipinski definition) is 1. The predicted molar refractivity (Wildman–Crippen MR) is 100 cm³/mol. The van der Waals surface area contributed by atoms with Crippen molar-refractivity contribution in [3.05, 3.63) is 36.4 Å². The third kappa shape index (κ3) is 5.67. The van der Waals surface area contributed by atoms with Crippen molar-refractivity contribution < 1.29 is 4.79 Å². The summed E-state index contributed by atoms with van der Waals surface area (Å²) in [5.41, 5.74) is 2.43. The Morgan fingerprint density at radius 1 is 1.24 bits per heavy atom. The number of pyridine rings is 1. The Bertz CT molecular complexity index is 678. The van der Waals surface area contributed by atoms with Crippen LogP contribution in [-0.2, 0) is 7.05 Å². The van der Waals surface area contributed by atoms with E-state index in [-0.39, 0.29) is 11.9 Å². The molecule has 136 valence electrons. The fourth-order valence-corrected chi connectivity index (χ4v) is 2.83. The number of aryl methyl sites for hydroxylation is 1. The van der Waals surface area contributed by atoms with Crippen molar-refractivity contribution in [1.29, 1.82) is 0 Å². The average Bonchev–Trinajstić information content (AvgIpc) is 3.05. The van der Waals surface area contributed by atoms with Crippen molar-refractivity contribution in [1.82, 2.24) is 25.0 Å². The Balaban J connectivity index is 1.90. The van der Waals surface area contributed by atoms with Crippen LogP contribution < -0.4 is 5.32 Å². The quantitative estimate of drug-likeness (QED) is 0.760. The summed E-state index contributed by atoms with van der Waals surface area (Å²) in [6.07, 6.45) is 9.09. The lowest BCUT2D eigenvalue weighted by atomic mass is 10.1. The minimum absolute atomic E-state index is 0.0754. The highest BCUT2D eigenvalue weighted by atomic mass is 16.1. The predicted octanol–water partition coefficient (Wildman–Crippen LogP) is 2.72. The van der Waals surface area contributed by atoms with Gasteiger partial charge in [-0.3, -0.25) is 14.5 Å². The molecule has 0 radical (unpaired) electrons. The van der Waals surface area contributed by atoms with Gasteiger partial charge in [-0.05, 0) is 45.5 Å². The molecule has 0 aliphatic rings. The molecule has 0 unspecified atom stereocenters. The van der Waals surface area contributed by atoms with Gasteiger partial charge in [-0.2, -0.15) is 5.10 Å². The molecule has 0 fully saturated rings. The van der Waals surface area contributed by atoms with Crippen LogP contribution in [0.3, 0.4) is 0 Å². The van der Waals surface area contributed by atoms with E-state index in [4.69, 9.17) is 0 Å². The van der Waals surface area contributed by atoms with Crippen LogP contribution in [-0.4, -0.2) is 51.2 Å². The Morgan fingerprint density at radius 2 is 2.00 bits per heavy atom. The summed E-state index contributed by atoms with van der Waals surface area (Å²) in [5, 5.41) is 7.23. The number of carbonyl (C=O) groups is 1. The molecule has 6 heteroatoms. The van der Waals surface area contributed by atoms with Gasteiger partial charge in [-0.15, -0.1) is 0 Å². The van der Waals surface area contributed by atoms with Gasteiger partial charge in [-0.1, -0.05) is 13.8 Å². The minimum atomic E-state index is -0.0754. The molecule has 1 amide bonds. The monoisotopic (exact) mass is 343 g/mol. The maximum Gasteiger partial charge on any atom is 0.253 e. The Labute approximate surface area is 150 Å². The molecule has 0 saturated carbocycles. The molecular formula is C19H29N5O. The molecule has 2 rings (SSSR count). The lowest BCUT2D eigenvalue weighted by Crippen LogP contribution is -2.33. The molecule has 6 nitrogen and oxygen atoms in total. The van der Waals surface area contributed by atoms with Crippen LogP contribution in [0.15, 0.2) is 30.9 Å². The van der Waals surface area contributed by atoms with E-state index in [9.17, 15) is 4.79 Å². The Morgan fingerprint density at radius 3 is 2.64 bits per heavy atom. The van der Waals surface area contributed by atoms with Crippen molar-refractivity contribution >= 4 is 5.91 Å². The third-order valence-electron chi connectivity index (χ3n) is 4.42. The first-order valence-electron chi connectivity index (χ1n) is 9.00. The van der Waals surface area contributed by atoms with Gasteiger partial charge in [-0.25, -0.2) is 0 Å². The number of rotatable bonds is 9. The van der Waals surface area contributed by atoms with Gasteiger partial charge >= 0.3 is 0 Å². The highest BCUT2D eigenvalue weighted by molar-refractivity contribution is 5.95. The molecule has 1 atom stereocenters. The number of aromatic nitrogens is 3. The molecule has 2 aromatic heterocycles. The van der Waals surface area contributed by atoms with Gasteiger partial charge in [0.05, 0.1) is 11.8 Å². The van der Waals surface area contributed by atoms with Crippen molar-refractivity contribution in [2.75, 3.05) is 19.6 Å². The second kappa shape index (κ2) is 9.32. The van der Waals surface area contributed by atoms with E-state index >= 15 is 0 Å². The smallest absolute Gasteiger partial charge is 0.253 e. The average molecular weight is 343 g/mol. The second-order valence-corrected chi connectivity index (χ2v) is 6.41. The highest BCUT2D eigenvalue weighted by Crippen LogP contribution is 2.18. The van der Waals surface area contributed by atoms with Gasteiger partial charge in [0, 0.05) is 42.8 Å². The molecule has 2 aromatic rings. The molecule has 0 saturated heterocycles. The van der Waals surface area contributed by atoms with E-state index in [0.29, 0.717) is 5.56 Å². The van der Waals surface area contributed by atoms with Crippen LogP contribution in [0.2, 0.25) is 0 Å². The van der Waals surface area contributed by atoms with E-state index < -0.39 is 0 Å². The first-order chi connectivity index (χ1) is 12.0. The molecule has 2 heterocycles. The minimum Gasteiger partial charge on any atom is -0.350 e. The topological polar surface area (TPSA) is 63.1 Å². The molecule has 0 aliphatic carbocycles. The summed E-state index contributed by atoms with van der Waals surface area (Å²) >= 11 is 0. The largest absolute Gasteiger partial charge is 0.350 e. The molecular weight excluding hydrogens is 314 g/mol. The third-order valence-corrected chi connectivity index (χ3v) is 4.42. The van der Waals surface area contributed by atoms with E-state index in [0.717, 1.165) is 43.6 Å². The highest BCUT2D eigenvalue weighted by Gasteiger charge is 2.12. The van der Waals surface area contributed by atoms with Gasteiger partial charge in [0.1, 0.15) is 0 Å². The summed E-state index contributed by atoms with van der Waals surface area (Å²) in [4.78, 5) is 19.1. The molecule has 0 bridgehead atoms. The Hall–Kier alpha value is -2.21. The summed E-state index contributed by atoms with van der Waals surface area (Å²) in [7, 11) is 1.87. The van der Waals surface area contributed by atoms with Crippen LogP contribution in [0.25, 0.3) is 11.1 Å². The zero-order chi connectivity index (χ0) is 18.2. The lowest BCUT2D eigenvalue weighted by molar-refractivity contribution is 0.0937. The van der Waals surface area contributed by atoms with E-state index in [2.05, 4.69) is 41.1 Å². The van der Waals surface area contributed by atoms with Crippen LogP contribution in [0, 0.1) is 0 Å². The zero-order valence-electron chi connectivity index (χ0n) is 15.7. The fraction of sp³-hybridized carbons (Fsp3) is 0.526. The van der Waals surface area contributed by atoms with Gasteiger partial charge in [0.15, 0.2) is 0 Å². The second-order valence-electron chi connectivity index (χ2n) is 6.41. The van der Waals surface area contributed by atoms with Crippen molar-refractivity contribution in [2.24, 2.45) is 7.05 Å². The summed E-state index contributed by atoms with van der Waals surface area (Å²) in [6.45, 7) is 9.63. The maximum atomic E-state index is 12.5. The SMILES string of the molecule is CCN(CC)CCC[C@H](C)NC(=O)c1cncc(-c2cnn(C)c2)c1. The van der Waals surface area contributed by atoms with Crippen molar-refractivity contribution in [2.45, 2.75) is 39.7 Å². The molecule has 0 aromatic carbocycles. The van der Waals surface area contributed by atoms with Gasteiger partial charge < -0.3 is 10.2 Å². The fourth-order valence-electron chi connectivity index (χ4n) is 2.83. The molecule has 0 aliphatic heterocycles. The van der Waals surface area contributed by atoms with Crippen molar-refractivity contribution in [3.63, 3.8) is 0 Å². The van der Waals surface area contributed by atoms with E-state index in [1.807, 2.05) is 19.3 Å². The van der Waals surface area contributed by atoms with Crippen LogP contribution in [0.5, 0.6) is 0 Å². The Kier molecular flexibility index (Phi) is 7.13. The standard InChI is InChI=1S/C19H29N5O/c1-5-24(6-2)9-7-8-15(3)22-19(25)17-10-16(11-20-12-17)18-13-21-23(4)14-18/h10-15H,5-9H2,1-4H3,(H,22,25)/t15-/m0/s1. The van der Waals surface area contributed by atoms with Crippen LogP contribution >= 0.6 is 0 Å². The van der Waals surface area contributed by atoms with Crippen molar-refractivity contribution in [3.8, 4) is 11.1 Å². The first-order valence-corrected chi connectivity index (χ1v) is 9.00. The maximum absolute atomic E-state index is 12.5. The molecule has 1 N–H and O–H groups in total. The first kappa shape index (κ1) is 19.1. The number of hydrogen-bond acceptors (Lipinski definition) is 4.